The quantitative estimate of drug-likeness (QED) is 0.760. The van der Waals surface area contributed by atoms with Crippen molar-refractivity contribution in [1.29, 1.82) is 0 Å². The van der Waals surface area contributed by atoms with E-state index < -0.39 is 0 Å². The lowest BCUT2D eigenvalue weighted by Crippen LogP contribution is -2.43. The molecule has 1 N–H and O–H groups in total. The molecule has 3 rings (SSSR count). The average molecular weight is 225 g/mol. The molecule has 0 radical (unpaired) electrons. The lowest BCUT2D eigenvalue weighted by molar-refractivity contribution is 0.112. The molecule has 0 saturated carbocycles. The Morgan fingerprint density at radius 2 is 2.20 bits per heavy atom. The smallest absolute Gasteiger partial charge is 0.185 e. The number of ether oxygens (including phenoxy) is 1. The largest absolute Gasteiger partial charge is 0.375 e. The first-order valence-corrected chi connectivity index (χ1v) is 6.27. The molecule has 15 heavy (non-hydrogen) atoms. The molecule has 1 aromatic heterocycles. The van der Waals surface area contributed by atoms with Gasteiger partial charge < -0.3 is 15.0 Å². The highest BCUT2D eigenvalue weighted by Crippen LogP contribution is 2.29. The number of aromatic nitrogens is 1. The van der Waals surface area contributed by atoms with Crippen molar-refractivity contribution in [2.75, 3.05) is 37.7 Å². The molecule has 2 aliphatic heterocycles. The molecule has 0 aromatic carbocycles. The van der Waals surface area contributed by atoms with Crippen LogP contribution in [0.3, 0.4) is 0 Å². The van der Waals surface area contributed by atoms with Gasteiger partial charge in [-0.05, 0) is 0 Å². The number of rotatable bonds is 1. The van der Waals surface area contributed by atoms with E-state index in [2.05, 4.69) is 10.2 Å². The first kappa shape index (κ1) is 9.57. The number of thiazole rings is 1. The summed E-state index contributed by atoms with van der Waals surface area (Å²) in [6.45, 7) is 5.89. The van der Waals surface area contributed by atoms with Gasteiger partial charge in [0.1, 0.15) is 0 Å². The summed E-state index contributed by atoms with van der Waals surface area (Å²) >= 11 is 1.80. The second-order valence-corrected chi connectivity index (χ2v) is 4.97. The van der Waals surface area contributed by atoms with Crippen LogP contribution in [0, 0.1) is 0 Å². The van der Waals surface area contributed by atoms with Gasteiger partial charge in [0.05, 0.1) is 23.8 Å². The number of nitrogens with one attached hydrogen (secondary N) is 1. The van der Waals surface area contributed by atoms with E-state index in [9.17, 15) is 0 Å². The standard InChI is InChI=1S/C10H15N3OS/c1-6-14-7-9-8(1)12-10(15-9)13-4-2-11-3-5-13/h11H,1-7H2. The Morgan fingerprint density at radius 3 is 3.00 bits per heavy atom. The second-order valence-electron chi connectivity index (χ2n) is 3.91. The van der Waals surface area contributed by atoms with E-state index in [0.717, 1.165) is 45.8 Å². The Bertz CT molecular complexity index is 323. The van der Waals surface area contributed by atoms with Crippen molar-refractivity contribution in [1.82, 2.24) is 10.3 Å². The summed E-state index contributed by atoms with van der Waals surface area (Å²) in [5.41, 5.74) is 1.26. The zero-order valence-electron chi connectivity index (χ0n) is 8.66. The summed E-state index contributed by atoms with van der Waals surface area (Å²) in [4.78, 5) is 8.41. The number of piperazine rings is 1. The van der Waals surface area contributed by atoms with Crippen LogP contribution in [0.5, 0.6) is 0 Å². The normalized spacial score (nSPS) is 21.5. The Morgan fingerprint density at radius 1 is 1.33 bits per heavy atom. The molecule has 1 fully saturated rings. The number of anilines is 1. The molecule has 3 heterocycles. The van der Waals surface area contributed by atoms with E-state index in [4.69, 9.17) is 9.72 Å². The molecule has 0 amide bonds. The van der Waals surface area contributed by atoms with Gasteiger partial charge >= 0.3 is 0 Å². The Kier molecular flexibility index (Phi) is 2.60. The van der Waals surface area contributed by atoms with Crippen LogP contribution in [0.2, 0.25) is 0 Å². The third-order valence-corrected chi connectivity index (χ3v) is 4.00. The van der Waals surface area contributed by atoms with Crippen molar-refractivity contribution in [3.05, 3.63) is 10.6 Å². The van der Waals surface area contributed by atoms with E-state index in [-0.39, 0.29) is 0 Å². The molecule has 1 saturated heterocycles. The van der Waals surface area contributed by atoms with E-state index in [1.165, 1.54) is 15.7 Å². The summed E-state index contributed by atoms with van der Waals surface area (Å²) < 4.78 is 5.44. The van der Waals surface area contributed by atoms with Crippen LogP contribution < -0.4 is 10.2 Å². The van der Waals surface area contributed by atoms with Gasteiger partial charge in [0.15, 0.2) is 5.13 Å². The van der Waals surface area contributed by atoms with E-state index in [1.807, 2.05) is 0 Å². The average Bonchev–Trinajstić information content (AvgIpc) is 2.74. The van der Waals surface area contributed by atoms with Crippen LogP contribution in [0.15, 0.2) is 0 Å². The van der Waals surface area contributed by atoms with Gasteiger partial charge in [-0.2, -0.15) is 0 Å². The predicted octanol–water partition coefficient (Wildman–Crippen LogP) is 0.625. The highest BCUT2D eigenvalue weighted by molar-refractivity contribution is 7.15. The molecule has 0 bridgehead atoms. The fourth-order valence-electron chi connectivity index (χ4n) is 2.00. The molecule has 0 aliphatic carbocycles. The zero-order valence-corrected chi connectivity index (χ0v) is 9.48. The maximum absolute atomic E-state index is 5.44. The number of hydrogen-bond donors (Lipinski definition) is 1. The van der Waals surface area contributed by atoms with Crippen molar-refractivity contribution in [2.24, 2.45) is 0 Å². The highest BCUT2D eigenvalue weighted by atomic mass is 32.1. The van der Waals surface area contributed by atoms with E-state index in [0.29, 0.717) is 0 Å². The van der Waals surface area contributed by atoms with Crippen molar-refractivity contribution in [3.8, 4) is 0 Å². The minimum atomic E-state index is 0.763. The zero-order chi connectivity index (χ0) is 10.1. The van der Waals surface area contributed by atoms with Crippen molar-refractivity contribution in [3.63, 3.8) is 0 Å². The van der Waals surface area contributed by atoms with Gasteiger partial charge in [0.25, 0.3) is 0 Å². The third kappa shape index (κ3) is 1.87. The molecule has 1 aromatic rings. The fourth-order valence-corrected chi connectivity index (χ4v) is 3.10. The van der Waals surface area contributed by atoms with E-state index in [1.54, 1.807) is 11.3 Å². The summed E-state index contributed by atoms with van der Waals surface area (Å²) in [5, 5.41) is 4.54. The second kappa shape index (κ2) is 4.08. The van der Waals surface area contributed by atoms with Crippen LogP contribution in [-0.4, -0.2) is 37.8 Å². The monoisotopic (exact) mass is 225 g/mol. The molecular weight excluding hydrogens is 210 g/mol. The van der Waals surface area contributed by atoms with Gasteiger partial charge in [-0.15, -0.1) is 0 Å². The molecule has 82 valence electrons. The maximum atomic E-state index is 5.44. The summed E-state index contributed by atoms with van der Waals surface area (Å²) in [6.07, 6.45) is 0.984. The van der Waals surface area contributed by atoms with Gasteiger partial charge in [-0.1, -0.05) is 11.3 Å². The Balaban J connectivity index is 1.82. The van der Waals surface area contributed by atoms with Crippen LogP contribution >= 0.6 is 11.3 Å². The minimum Gasteiger partial charge on any atom is -0.375 e. The summed E-state index contributed by atoms with van der Waals surface area (Å²) in [5.74, 6) is 0. The van der Waals surface area contributed by atoms with Gasteiger partial charge in [-0.25, -0.2) is 4.98 Å². The Labute approximate surface area is 93.3 Å². The maximum Gasteiger partial charge on any atom is 0.185 e. The molecule has 0 atom stereocenters. The summed E-state index contributed by atoms with van der Waals surface area (Å²) in [7, 11) is 0. The topological polar surface area (TPSA) is 37.4 Å². The third-order valence-electron chi connectivity index (χ3n) is 2.87. The Hall–Kier alpha value is -0.650. The van der Waals surface area contributed by atoms with Crippen LogP contribution in [0.25, 0.3) is 0 Å². The first-order chi connectivity index (χ1) is 7.43. The number of nitrogens with zero attached hydrogens (tertiary/aromatic N) is 2. The highest BCUT2D eigenvalue weighted by Gasteiger charge is 2.19. The van der Waals surface area contributed by atoms with Crippen molar-refractivity contribution >= 4 is 16.5 Å². The van der Waals surface area contributed by atoms with Crippen molar-refractivity contribution < 1.29 is 4.74 Å². The molecule has 2 aliphatic rings. The predicted molar refractivity (Wildman–Crippen MR) is 60.6 cm³/mol. The molecule has 0 unspecified atom stereocenters. The van der Waals surface area contributed by atoms with E-state index >= 15 is 0 Å². The SMILES string of the molecule is C1CN(c2nc3c(s2)COCC3)CCN1. The van der Waals surface area contributed by atoms with Crippen LogP contribution in [0.1, 0.15) is 10.6 Å². The van der Waals surface area contributed by atoms with Crippen LogP contribution in [-0.2, 0) is 17.8 Å². The van der Waals surface area contributed by atoms with Gasteiger partial charge in [-0.3, -0.25) is 0 Å². The molecule has 4 nitrogen and oxygen atoms in total. The lowest BCUT2D eigenvalue weighted by atomic mass is 10.2. The van der Waals surface area contributed by atoms with Crippen LogP contribution in [0.4, 0.5) is 5.13 Å². The molecular formula is C10H15N3OS. The number of hydrogen-bond acceptors (Lipinski definition) is 5. The van der Waals surface area contributed by atoms with Gasteiger partial charge in [0, 0.05) is 32.6 Å². The first-order valence-electron chi connectivity index (χ1n) is 5.45. The van der Waals surface area contributed by atoms with Gasteiger partial charge in [0.2, 0.25) is 0 Å². The van der Waals surface area contributed by atoms with Crippen molar-refractivity contribution in [2.45, 2.75) is 13.0 Å². The number of fused-ring (bicyclic) bond motifs is 1. The molecule has 5 heteroatoms. The summed E-state index contributed by atoms with van der Waals surface area (Å²) in [6, 6.07) is 0. The molecule has 0 spiro atoms. The fraction of sp³-hybridized carbons (Fsp3) is 0.700. The lowest BCUT2D eigenvalue weighted by Gasteiger charge is -2.26. The minimum absolute atomic E-state index is 0.763.